The highest BCUT2D eigenvalue weighted by Gasteiger charge is 2.09. The zero-order chi connectivity index (χ0) is 14.7. The van der Waals surface area contributed by atoms with E-state index < -0.39 is 0 Å². The summed E-state index contributed by atoms with van der Waals surface area (Å²) >= 11 is 3.42. The fourth-order valence-corrected chi connectivity index (χ4v) is 2.40. The fraction of sp³-hybridized carbons (Fsp3) is 0.143. The van der Waals surface area contributed by atoms with E-state index in [1.54, 1.807) is 28.8 Å². The summed E-state index contributed by atoms with van der Waals surface area (Å²) in [5.74, 6) is 4.74. The van der Waals surface area contributed by atoms with Crippen LogP contribution in [0.2, 0.25) is 0 Å². The summed E-state index contributed by atoms with van der Waals surface area (Å²) in [6.07, 6.45) is 0. The molecular weight excluding hydrogens is 322 g/mol. The van der Waals surface area contributed by atoms with Gasteiger partial charge in [-0.1, -0.05) is 28.1 Å². The summed E-state index contributed by atoms with van der Waals surface area (Å²) in [6, 6.07) is 10.3. The molecule has 5 nitrogen and oxygen atoms in total. The lowest BCUT2D eigenvalue weighted by Crippen LogP contribution is -2.30. The van der Waals surface area contributed by atoms with Crippen molar-refractivity contribution in [1.29, 1.82) is 0 Å². The smallest absolute Gasteiger partial charge is 0.265 e. The summed E-state index contributed by atoms with van der Waals surface area (Å²) in [6.45, 7) is 2.32. The van der Waals surface area contributed by atoms with Crippen molar-refractivity contribution in [3.63, 3.8) is 0 Å². The molecule has 0 saturated carbocycles. The summed E-state index contributed by atoms with van der Waals surface area (Å²) in [7, 11) is 0. The zero-order valence-corrected chi connectivity index (χ0v) is 12.5. The first-order valence-corrected chi connectivity index (χ1v) is 6.78. The van der Waals surface area contributed by atoms with Gasteiger partial charge in [-0.15, -0.1) is 0 Å². The molecule has 0 saturated heterocycles. The Morgan fingerprint density at radius 2 is 2.10 bits per heavy atom. The molecule has 0 radical (unpaired) electrons. The van der Waals surface area contributed by atoms with Crippen LogP contribution in [0.25, 0.3) is 0 Å². The van der Waals surface area contributed by atoms with E-state index in [-0.39, 0.29) is 11.5 Å². The fourth-order valence-electron chi connectivity index (χ4n) is 1.90. The lowest BCUT2D eigenvalue weighted by atomic mass is 10.1. The number of hydrogen-bond donors (Lipinski definition) is 2. The van der Waals surface area contributed by atoms with Crippen LogP contribution in [0.5, 0.6) is 0 Å². The third-order valence-corrected chi connectivity index (χ3v) is 3.78. The minimum absolute atomic E-state index is 0.0549. The number of amides is 1. The number of halogens is 1. The Hall–Kier alpha value is -1.92. The van der Waals surface area contributed by atoms with E-state index >= 15 is 0 Å². The highest BCUT2D eigenvalue weighted by Crippen LogP contribution is 2.19. The van der Waals surface area contributed by atoms with Crippen LogP contribution in [0.1, 0.15) is 21.6 Å². The van der Waals surface area contributed by atoms with Crippen molar-refractivity contribution >= 4 is 21.8 Å². The van der Waals surface area contributed by atoms with E-state index in [1.165, 1.54) is 6.07 Å². The standard InChI is InChI=1S/C14H14BrN3O2/c1-9-3-2-4-13(19)18(9)8-11-6-5-10(7-12(11)15)14(20)17-16/h2-7H,8,16H2,1H3,(H,17,20). The summed E-state index contributed by atoms with van der Waals surface area (Å²) in [4.78, 5) is 23.3. The average Bonchev–Trinajstić information content (AvgIpc) is 2.43. The molecule has 2 aromatic rings. The number of pyridine rings is 1. The van der Waals surface area contributed by atoms with E-state index in [1.807, 2.05) is 13.0 Å². The lowest BCUT2D eigenvalue weighted by molar-refractivity contribution is 0.0953. The maximum absolute atomic E-state index is 11.8. The molecule has 104 valence electrons. The maximum atomic E-state index is 11.8. The zero-order valence-electron chi connectivity index (χ0n) is 10.9. The Morgan fingerprint density at radius 1 is 1.35 bits per heavy atom. The van der Waals surface area contributed by atoms with Gasteiger partial charge in [0.25, 0.3) is 11.5 Å². The van der Waals surface area contributed by atoms with Gasteiger partial charge in [0.1, 0.15) is 0 Å². The van der Waals surface area contributed by atoms with E-state index in [0.717, 1.165) is 15.7 Å². The van der Waals surface area contributed by atoms with Crippen molar-refractivity contribution < 1.29 is 4.79 Å². The Bertz CT molecular complexity index is 710. The number of rotatable bonds is 3. The molecule has 2 rings (SSSR count). The van der Waals surface area contributed by atoms with Crippen LogP contribution in [0.3, 0.4) is 0 Å². The van der Waals surface area contributed by atoms with Crippen LogP contribution < -0.4 is 16.8 Å². The highest BCUT2D eigenvalue weighted by molar-refractivity contribution is 9.10. The number of carbonyl (C=O) groups is 1. The molecule has 1 heterocycles. The molecular formula is C14H14BrN3O2. The molecule has 0 spiro atoms. The number of hydrazine groups is 1. The van der Waals surface area contributed by atoms with Crippen LogP contribution in [0, 0.1) is 6.92 Å². The van der Waals surface area contributed by atoms with Gasteiger partial charge in [-0.25, -0.2) is 5.84 Å². The van der Waals surface area contributed by atoms with Crippen LogP contribution in [0.4, 0.5) is 0 Å². The lowest BCUT2D eigenvalue weighted by Gasteiger charge is -2.11. The van der Waals surface area contributed by atoms with Gasteiger partial charge in [-0.2, -0.15) is 0 Å². The largest absolute Gasteiger partial charge is 0.308 e. The Kier molecular flexibility index (Phi) is 4.36. The van der Waals surface area contributed by atoms with E-state index in [4.69, 9.17) is 5.84 Å². The van der Waals surface area contributed by atoms with Crippen molar-refractivity contribution in [3.8, 4) is 0 Å². The molecule has 1 aromatic heterocycles. The molecule has 0 unspecified atom stereocenters. The number of aromatic nitrogens is 1. The van der Waals surface area contributed by atoms with Gasteiger partial charge >= 0.3 is 0 Å². The topological polar surface area (TPSA) is 77.1 Å². The van der Waals surface area contributed by atoms with Crippen molar-refractivity contribution in [1.82, 2.24) is 9.99 Å². The van der Waals surface area contributed by atoms with E-state index in [2.05, 4.69) is 21.4 Å². The first-order chi connectivity index (χ1) is 9.52. The van der Waals surface area contributed by atoms with Crippen LogP contribution in [0.15, 0.2) is 45.7 Å². The predicted molar refractivity (Wildman–Crippen MR) is 80.3 cm³/mol. The van der Waals surface area contributed by atoms with Crippen molar-refractivity contribution in [2.75, 3.05) is 0 Å². The number of carbonyl (C=O) groups excluding carboxylic acids is 1. The molecule has 0 atom stereocenters. The number of nitrogen functional groups attached to an aromatic ring is 1. The van der Waals surface area contributed by atoms with Gasteiger partial charge in [0.15, 0.2) is 0 Å². The van der Waals surface area contributed by atoms with Crippen molar-refractivity contribution in [2.45, 2.75) is 13.5 Å². The first-order valence-electron chi connectivity index (χ1n) is 5.98. The average molecular weight is 336 g/mol. The van der Waals surface area contributed by atoms with Crippen molar-refractivity contribution in [3.05, 3.63) is 68.0 Å². The molecule has 3 N–H and O–H groups in total. The molecule has 6 heteroatoms. The second kappa shape index (κ2) is 6.02. The number of aryl methyl sites for hydroxylation is 1. The third-order valence-electron chi connectivity index (χ3n) is 3.04. The molecule has 0 fully saturated rings. The number of hydrogen-bond acceptors (Lipinski definition) is 3. The second-order valence-electron chi connectivity index (χ2n) is 4.37. The van der Waals surface area contributed by atoms with Crippen LogP contribution in [-0.2, 0) is 6.54 Å². The van der Waals surface area contributed by atoms with Crippen LogP contribution >= 0.6 is 15.9 Å². The number of nitrogens with zero attached hydrogens (tertiary/aromatic N) is 1. The Morgan fingerprint density at radius 3 is 2.70 bits per heavy atom. The molecule has 0 aliphatic carbocycles. The normalized spacial score (nSPS) is 10.3. The van der Waals surface area contributed by atoms with E-state index in [9.17, 15) is 9.59 Å². The van der Waals surface area contributed by atoms with Crippen LogP contribution in [-0.4, -0.2) is 10.5 Å². The maximum Gasteiger partial charge on any atom is 0.265 e. The summed E-state index contributed by atoms with van der Waals surface area (Å²) in [5, 5.41) is 0. The Labute approximate surface area is 124 Å². The van der Waals surface area contributed by atoms with Gasteiger partial charge < -0.3 is 4.57 Å². The SMILES string of the molecule is Cc1cccc(=O)n1Cc1ccc(C(=O)NN)cc1Br. The highest BCUT2D eigenvalue weighted by atomic mass is 79.9. The van der Waals surface area contributed by atoms with Crippen molar-refractivity contribution in [2.24, 2.45) is 5.84 Å². The molecule has 1 amide bonds. The number of nitrogens with two attached hydrogens (primary N) is 1. The number of benzene rings is 1. The minimum atomic E-state index is -0.356. The molecule has 0 bridgehead atoms. The Balaban J connectivity index is 2.36. The molecule has 0 aliphatic rings. The van der Waals surface area contributed by atoms with Gasteiger partial charge in [-0.3, -0.25) is 15.0 Å². The van der Waals surface area contributed by atoms with E-state index in [0.29, 0.717) is 12.1 Å². The minimum Gasteiger partial charge on any atom is -0.308 e. The first kappa shape index (κ1) is 14.5. The van der Waals surface area contributed by atoms with Gasteiger partial charge in [0, 0.05) is 21.8 Å². The third kappa shape index (κ3) is 2.97. The molecule has 1 aromatic carbocycles. The number of nitrogens with one attached hydrogen (secondary N) is 1. The monoisotopic (exact) mass is 335 g/mol. The second-order valence-corrected chi connectivity index (χ2v) is 5.23. The summed E-state index contributed by atoms with van der Waals surface area (Å²) < 4.78 is 2.43. The molecule has 20 heavy (non-hydrogen) atoms. The van der Waals surface area contributed by atoms with Gasteiger partial charge in [-0.05, 0) is 30.7 Å². The summed E-state index contributed by atoms with van der Waals surface area (Å²) in [5.41, 5.74) is 4.28. The quantitative estimate of drug-likeness (QED) is 0.507. The van der Waals surface area contributed by atoms with Gasteiger partial charge in [0.2, 0.25) is 0 Å². The molecule has 0 aliphatic heterocycles. The van der Waals surface area contributed by atoms with Gasteiger partial charge in [0.05, 0.1) is 6.54 Å². The predicted octanol–water partition coefficient (Wildman–Crippen LogP) is 1.57.